The van der Waals surface area contributed by atoms with Crippen LogP contribution >= 0.6 is 27.7 Å². The van der Waals surface area contributed by atoms with E-state index in [1.807, 2.05) is 31.2 Å². The molecule has 4 rings (SSSR count). The molecule has 0 N–H and O–H groups in total. The SMILES string of the molecule is COc1ccc(COC(=O)[C@@H]2N3C(=O)[C@H](Br)[C@@H]3S[C@@]2(C)Cn2ccnn2)cc1. The Hall–Kier alpha value is -2.07. The van der Waals surface area contributed by atoms with Crippen LogP contribution in [-0.2, 0) is 27.5 Å². The van der Waals surface area contributed by atoms with Gasteiger partial charge in [0.25, 0.3) is 0 Å². The quantitative estimate of drug-likeness (QED) is 0.364. The number of fused-ring (bicyclic) bond motifs is 1. The highest BCUT2D eigenvalue weighted by molar-refractivity contribution is 9.10. The van der Waals surface area contributed by atoms with Gasteiger partial charge in [-0.25, -0.2) is 4.79 Å². The molecule has 1 amide bonds. The van der Waals surface area contributed by atoms with Crippen LogP contribution in [0.15, 0.2) is 36.7 Å². The molecule has 2 saturated heterocycles. The van der Waals surface area contributed by atoms with Gasteiger partial charge in [0.15, 0.2) is 0 Å². The number of halogens is 1. The molecule has 2 aliphatic rings. The fourth-order valence-corrected chi connectivity index (χ4v) is 6.04. The summed E-state index contributed by atoms with van der Waals surface area (Å²) in [5, 5.41) is 7.74. The Morgan fingerprint density at radius 3 is 2.75 bits per heavy atom. The third-order valence-corrected chi connectivity index (χ3v) is 7.85. The second-order valence-corrected chi connectivity index (χ2v) is 9.57. The standard InChI is InChI=1S/C18H19BrN4O4S/c1-18(10-22-8-7-20-21-22)14(23-15(24)13(19)16(23)28-18)17(25)27-9-11-3-5-12(26-2)6-4-11/h3-8,13-14,16H,9-10H2,1-2H3/t13-,14-,16-,18-/m0/s1. The predicted octanol–water partition coefficient (Wildman–Crippen LogP) is 1.84. The lowest BCUT2D eigenvalue weighted by atomic mass is 9.96. The summed E-state index contributed by atoms with van der Waals surface area (Å²) in [4.78, 5) is 26.8. The van der Waals surface area contributed by atoms with Crippen molar-refractivity contribution in [1.82, 2.24) is 19.9 Å². The minimum absolute atomic E-state index is 0.0915. The minimum Gasteiger partial charge on any atom is -0.497 e. The molecule has 0 aliphatic carbocycles. The van der Waals surface area contributed by atoms with Gasteiger partial charge in [-0.1, -0.05) is 33.3 Å². The maximum absolute atomic E-state index is 13.0. The Morgan fingerprint density at radius 1 is 1.36 bits per heavy atom. The number of alkyl halides is 1. The van der Waals surface area contributed by atoms with Gasteiger partial charge >= 0.3 is 5.97 Å². The number of β-lactam (4-membered cyclic amide) rings is 1. The number of rotatable bonds is 6. The number of methoxy groups -OCH3 is 1. The molecule has 148 valence electrons. The Balaban J connectivity index is 1.51. The minimum atomic E-state index is -0.689. The first-order valence-corrected chi connectivity index (χ1v) is 10.5. The molecular formula is C18H19BrN4O4S. The molecule has 1 aromatic heterocycles. The van der Waals surface area contributed by atoms with Crippen molar-refractivity contribution in [2.75, 3.05) is 7.11 Å². The lowest BCUT2D eigenvalue weighted by Crippen LogP contribution is -2.64. The molecule has 0 radical (unpaired) electrons. The smallest absolute Gasteiger partial charge is 0.330 e. The van der Waals surface area contributed by atoms with Crippen molar-refractivity contribution in [3.05, 3.63) is 42.2 Å². The molecule has 0 spiro atoms. The lowest BCUT2D eigenvalue weighted by Gasteiger charge is -2.41. The van der Waals surface area contributed by atoms with E-state index in [4.69, 9.17) is 9.47 Å². The molecule has 4 atom stereocenters. The second-order valence-electron chi connectivity index (χ2n) is 6.93. The van der Waals surface area contributed by atoms with Gasteiger partial charge in [0.1, 0.15) is 28.6 Å². The molecule has 2 aromatic rings. The van der Waals surface area contributed by atoms with E-state index < -0.39 is 16.8 Å². The molecule has 2 fully saturated rings. The first kappa shape index (κ1) is 19.3. The summed E-state index contributed by atoms with van der Waals surface area (Å²) in [6, 6.07) is 6.62. The van der Waals surface area contributed by atoms with Gasteiger partial charge in [-0.3, -0.25) is 9.48 Å². The molecule has 1 aromatic carbocycles. The number of nitrogens with zero attached hydrogens (tertiary/aromatic N) is 4. The summed E-state index contributed by atoms with van der Waals surface area (Å²) in [5.41, 5.74) is 0.850. The number of carbonyl (C=O) groups excluding carboxylic acids is 2. The summed E-state index contributed by atoms with van der Waals surface area (Å²) in [5.74, 6) is 0.229. The number of hydrogen-bond donors (Lipinski definition) is 0. The van der Waals surface area contributed by atoms with Crippen LogP contribution in [0.2, 0.25) is 0 Å². The Morgan fingerprint density at radius 2 is 2.11 bits per heavy atom. The van der Waals surface area contributed by atoms with E-state index in [1.54, 1.807) is 40.8 Å². The van der Waals surface area contributed by atoms with Crippen LogP contribution in [0.25, 0.3) is 0 Å². The number of esters is 1. The summed E-state index contributed by atoms with van der Waals surface area (Å²) in [6.45, 7) is 2.54. The zero-order valence-corrected chi connectivity index (χ0v) is 17.7. The number of carbonyl (C=O) groups is 2. The number of hydrogen-bond acceptors (Lipinski definition) is 7. The Bertz CT molecular complexity index is 878. The Labute approximate surface area is 174 Å². The fraction of sp³-hybridized carbons (Fsp3) is 0.444. The van der Waals surface area contributed by atoms with Crippen molar-refractivity contribution in [1.29, 1.82) is 0 Å². The summed E-state index contributed by atoms with van der Waals surface area (Å²) in [6.07, 6.45) is 3.34. The van der Waals surface area contributed by atoms with E-state index in [2.05, 4.69) is 26.2 Å². The van der Waals surface area contributed by atoms with Crippen molar-refractivity contribution in [2.45, 2.75) is 41.1 Å². The monoisotopic (exact) mass is 466 g/mol. The average Bonchev–Trinajstić information content (AvgIpc) is 3.30. The number of ether oxygens (including phenoxy) is 2. The van der Waals surface area contributed by atoms with Gasteiger partial charge < -0.3 is 14.4 Å². The van der Waals surface area contributed by atoms with E-state index in [-0.39, 0.29) is 22.7 Å². The highest BCUT2D eigenvalue weighted by Crippen LogP contribution is 2.53. The van der Waals surface area contributed by atoms with Crippen LogP contribution in [0.3, 0.4) is 0 Å². The van der Waals surface area contributed by atoms with Crippen LogP contribution in [0.4, 0.5) is 0 Å². The highest BCUT2D eigenvalue weighted by atomic mass is 79.9. The normalized spacial score (nSPS) is 28.6. The van der Waals surface area contributed by atoms with Gasteiger partial charge in [0, 0.05) is 6.20 Å². The largest absolute Gasteiger partial charge is 0.497 e. The van der Waals surface area contributed by atoms with Crippen molar-refractivity contribution < 1.29 is 19.1 Å². The zero-order valence-electron chi connectivity index (χ0n) is 15.3. The summed E-state index contributed by atoms with van der Waals surface area (Å²) < 4.78 is 11.8. The lowest BCUT2D eigenvalue weighted by molar-refractivity contribution is -0.161. The van der Waals surface area contributed by atoms with Gasteiger partial charge in [-0.15, -0.1) is 16.9 Å². The van der Waals surface area contributed by atoms with Gasteiger partial charge in [0.05, 0.1) is 24.6 Å². The maximum atomic E-state index is 13.0. The van der Waals surface area contributed by atoms with Gasteiger partial charge in [-0.2, -0.15) is 0 Å². The fourth-order valence-electron chi connectivity index (χ4n) is 3.55. The van der Waals surface area contributed by atoms with Crippen LogP contribution in [0.5, 0.6) is 5.75 Å². The van der Waals surface area contributed by atoms with E-state index in [0.717, 1.165) is 11.3 Å². The molecule has 2 aliphatic heterocycles. The molecule has 28 heavy (non-hydrogen) atoms. The summed E-state index contributed by atoms with van der Waals surface area (Å²) in [7, 11) is 1.60. The molecular weight excluding hydrogens is 448 g/mol. The van der Waals surface area contributed by atoms with E-state index >= 15 is 0 Å². The first-order valence-electron chi connectivity index (χ1n) is 8.71. The number of benzene rings is 1. The van der Waals surface area contributed by atoms with Crippen molar-refractivity contribution in [3.8, 4) is 5.75 Å². The molecule has 0 saturated carbocycles. The van der Waals surface area contributed by atoms with Crippen LogP contribution in [0, 0.1) is 0 Å². The van der Waals surface area contributed by atoms with Gasteiger partial charge in [0.2, 0.25) is 5.91 Å². The van der Waals surface area contributed by atoms with E-state index in [0.29, 0.717) is 6.54 Å². The molecule has 0 bridgehead atoms. The predicted molar refractivity (Wildman–Crippen MR) is 106 cm³/mol. The second kappa shape index (κ2) is 7.40. The van der Waals surface area contributed by atoms with Gasteiger partial charge in [-0.05, 0) is 24.6 Å². The molecule has 3 heterocycles. The van der Waals surface area contributed by atoms with E-state index in [9.17, 15) is 9.59 Å². The number of aromatic nitrogens is 3. The average molecular weight is 467 g/mol. The number of thioether (sulfide) groups is 1. The van der Waals surface area contributed by atoms with Crippen LogP contribution < -0.4 is 4.74 Å². The van der Waals surface area contributed by atoms with Crippen molar-refractivity contribution >= 4 is 39.6 Å². The summed E-state index contributed by atoms with van der Waals surface area (Å²) >= 11 is 5.01. The van der Waals surface area contributed by atoms with Crippen LogP contribution in [-0.4, -0.2) is 59.9 Å². The third-order valence-electron chi connectivity index (χ3n) is 4.97. The molecule has 10 heteroatoms. The first-order chi connectivity index (χ1) is 13.4. The third kappa shape index (κ3) is 3.28. The highest BCUT2D eigenvalue weighted by Gasteiger charge is 2.65. The van der Waals surface area contributed by atoms with Crippen molar-refractivity contribution in [3.63, 3.8) is 0 Å². The zero-order chi connectivity index (χ0) is 19.9. The van der Waals surface area contributed by atoms with Crippen LogP contribution in [0.1, 0.15) is 12.5 Å². The van der Waals surface area contributed by atoms with Crippen molar-refractivity contribution in [2.24, 2.45) is 0 Å². The Kier molecular flexibility index (Phi) is 5.09. The number of amides is 1. The van der Waals surface area contributed by atoms with E-state index in [1.165, 1.54) is 0 Å². The molecule has 0 unspecified atom stereocenters. The topological polar surface area (TPSA) is 86.5 Å². The molecule has 8 nitrogen and oxygen atoms in total. The maximum Gasteiger partial charge on any atom is 0.330 e.